The molecule has 6 heteroatoms. The lowest BCUT2D eigenvalue weighted by Crippen LogP contribution is -2.29. The van der Waals surface area contributed by atoms with Crippen LogP contribution >= 0.6 is 11.6 Å². The summed E-state index contributed by atoms with van der Waals surface area (Å²) in [6.07, 6.45) is 1.51. The number of hydrogen-bond acceptors (Lipinski definition) is 4. The molecule has 0 aliphatic carbocycles. The van der Waals surface area contributed by atoms with E-state index < -0.39 is 17.7 Å². The number of aliphatic hydroxyl groups excluding tert-OH is 1. The molecule has 28 heavy (non-hydrogen) atoms. The summed E-state index contributed by atoms with van der Waals surface area (Å²) in [5.41, 5.74) is 1.19. The highest BCUT2D eigenvalue weighted by Crippen LogP contribution is 2.40. The fourth-order valence-electron chi connectivity index (χ4n) is 3.36. The number of halogens is 1. The Morgan fingerprint density at radius 1 is 1.00 bits per heavy atom. The first-order valence-corrected chi connectivity index (χ1v) is 9.05. The first kappa shape index (κ1) is 18.1. The zero-order valence-corrected chi connectivity index (χ0v) is 15.5. The van der Waals surface area contributed by atoms with E-state index in [2.05, 4.69) is 0 Å². The summed E-state index contributed by atoms with van der Waals surface area (Å²) < 4.78 is 5.36. The monoisotopic (exact) mass is 393 g/mol. The lowest BCUT2D eigenvalue weighted by molar-refractivity contribution is -0.140. The minimum atomic E-state index is -0.748. The van der Waals surface area contributed by atoms with Gasteiger partial charge in [0.05, 0.1) is 24.4 Å². The molecule has 2 heterocycles. The Kier molecular flexibility index (Phi) is 4.75. The van der Waals surface area contributed by atoms with Crippen molar-refractivity contribution in [2.45, 2.75) is 12.6 Å². The van der Waals surface area contributed by atoms with Crippen LogP contribution in [-0.4, -0.2) is 21.7 Å². The van der Waals surface area contributed by atoms with Crippen LogP contribution in [0.3, 0.4) is 0 Å². The number of aliphatic hydroxyl groups is 1. The number of rotatable bonds is 4. The molecule has 1 aromatic heterocycles. The number of furan rings is 1. The summed E-state index contributed by atoms with van der Waals surface area (Å²) in [6, 6.07) is 18.3. The van der Waals surface area contributed by atoms with Crippen molar-refractivity contribution >= 4 is 29.1 Å². The van der Waals surface area contributed by atoms with Crippen LogP contribution in [0.25, 0.3) is 5.76 Å². The molecule has 0 unspecified atom stereocenters. The summed E-state index contributed by atoms with van der Waals surface area (Å²) in [6.45, 7) is 0.108. The van der Waals surface area contributed by atoms with Crippen molar-refractivity contribution in [2.75, 3.05) is 0 Å². The van der Waals surface area contributed by atoms with Crippen LogP contribution in [0.5, 0.6) is 0 Å². The lowest BCUT2D eigenvalue weighted by Gasteiger charge is -2.24. The molecule has 1 fully saturated rings. The number of carbonyl (C=O) groups excluding carboxylic acids is 2. The number of benzene rings is 2. The van der Waals surface area contributed by atoms with Gasteiger partial charge < -0.3 is 14.4 Å². The average molecular weight is 394 g/mol. The Morgan fingerprint density at radius 2 is 1.71 bits per heavy atom. The Morgan fingerprint density at radius 3 is 2.36 bits per heavy atom. The van der Waals surface area contributed by atoms with Gasteiger partial charge in [-0.15, -0.1) is 0 Å². The van der Waals surface area contributed by atoms with Gasteiger partial charge >= 0.3 is 0 Å². The van der Waals surface area contributed by atoms with Crippen molar-refractivity contribution in [3.63, 3.8) is 0 Å². The standard InChI is InChI=1S/C22H16ClNO4/c23-16-10-8-14(9-11-16)19-18(20(25)15-5-2-1-3-6-15)21(26)22(27)24(19)13-17-7-4-12-28-17/h1-12,19,25H,13H2/t19-/m1/s1. The number of amides is 1. The maximum Gasteiger partial charge on any atom is 0.296 e. The maximum absolute atomic E-state index is 12.8. The molecule has 0 saturated carbocycles. The van der Waals surface area contributed by atoms with E-state index in [-0.39, 0.29) is 17.9 Å². The van der Waals surface area contributed by atoms with E-state index in [1.165, 1.54) is 11.2 Å². The zero-order chi connectivity index (χ0) is 19.7. The zero-order valence-electron chi connectivity index (χ0n) is 14.7. The summed E-state index contributed by atoms with van der Waals surface area (Å²) in [5, 5.41) is 11.4. The smallest absolute Gasteiger partial charge is 0.296 e. The van der Waals surface area contributed by atoms with Gasteiger partial charge in [0.1, 0.15) is 11.5 Å². The number of likely N-dealkylation sites (tertiary alicyclic amines) is 1. The van der Waals surface area contributed by atoms with Crippen LogP contribution in [-0.2, 0) is 16.1 Å². The third-order valence-corrected chi connectivity index (χ3v) is 4.93. The van der Waals surface area contributed by atoms with Gasteiger partial charge in [0.25, 0.3) is 11.7 Å². The summed E-state index contributed by atoms with van der Waals surface area (Å²) in [7, 11) is 0. The minimum Gasteiger partial charge on any atom is -0.507 e. The third-order valence-electron chi connectivity index (χ3n) is 4.68. The molecule has 2 aromatic carbocycles. The van der Waals surface area contributed by atoms with E-state index in [0.717, 1.165) is 0 Å². The Bertz CT molecular complexity index is 1040. The molecule has 1 amide bonds. The average Bonchev–Trinajstić information content (AvgIpc) is 3.31. The number of hydrogen-bond donors (Lipinski definition) is 1. The number of ketones is 1. The fraction of sp³-hybridized carbons (Fsp3) is 0.0909. The fourth-order valence-corrected chi connectivity index (χ4v) is 3.48. The van der Waals surface area contributed by atoms with Crippen LogP contribution in [0.15, 0.2) is 83.0 Å². The highest BCUT2D eigenvalue weighted by Gasteiger charge is 2.46. The van der Waals surface area contributed by atoms with Crippen molar-refractivity contribution in [2.24, 2.45) is 0 Å². The molecular formula is C22H16ClNO4. The van der Waals surface area contributed by atoms with E-state index in [4.69, 9.17) is 16.0 Å². The van der Waals surface area contributed by atoms with Crippen molar-refractivity contribution in [3.05, 3.63) is 100 Å². The van der Waals surface area contributed by atoms with Gasteiger partial charge in [-0.3, -0.25) is 9.59 Å². The van der Waals surface area contributed by atoms with Gasteiger partial charge in [-0.1, -0.05) is 54.1 Å². The topological polar surface area (TPSA) is 70.8 Å². The predicted octanol–water partition coefficient (Wildman–Crippen LogP) is 4.55. The highest BCUT2D eigenvalue weighted by molar-refractivity contribution is 6.46. The summed E-state index contributed by atoms with van der Waals surface area (Å²) >= 11 is 6.00. The van der Waals surface area contributed by atoms with Gasteiger partial charge in [-0.2, -0.15) is 0 Å². The van der Waals surface area contributed by atoms with Crippen molar-refractivity contribution in [1.82, 2.24) is 4.90 Å². The minimum absolute atomic E-state index is 0.0464. The molecule has 1 atom stereocenters. The van der Waals surface area contributed by atoms with E-state index in [1.807, 2.05) is 6.07 Å². The van der Waals surface area contributed by atoms with Crippen LogP contribution in [0.4, 0.5) is 0 Å². The Balaban J connectivity index is 1.86. The Hall–Kier alpha value is -3.31. The maximum atomic E-state index is 12.8. The second-order valence-electron chi connectivity index (χ2n) is 6.42. The van der Waals surface area contributed by atoms with Gasteiger partial charge in [0, 0.05) is 10.6 Å². The molecule has 4 rings (SSSR count). The number of nitrogens with zero attached hydrogens (tertiary/aromatic N) is 1. The molecule has 1 aliphatic rings. The molecule has 140 valence electrons. The molecule has 5 nitrogen and oxygen atoms in total. The van der Waals surface area contributed by atoms with Crippen LogP contribution in [0.2, 0.25) is 5.02 Å². The van der Waals surface area contributed by atoms with E-state index in [9.17, 15) is 14.7 Å². The largest absolute Gasteiger partial charge is 0.507 e. The first-order valence-electron chi connectivity index (χ1n) is 8.68. The van der Waals surface area contributed by atoms with E-state index in [1.54, 1.807) is 60.7 Å². The number of Topliss-reactive ketones (excluding diaryl/α,β-unsaturated/α-hetero) is 1. The first-order chi connectivity index (χ1) is 13.6. The van der Waals surface area contributed by atoms with Crippen molar-refractivity contribution in [1.29, 1.82) is 0 Å². The van der Waals surface area contributed by atoms with Crippen molar-refractivity contribution in [3.8, 4) is 0 Å². The van der Waals surface area contributed by atoms with Crippen LogP contribution in [0, 0.1) is 0 Å². The molecule has 0 radical (unpaired) electrons. The molecule has 0 spiro atoms. The normalized spacial score (nSPS) is 18.6. The van der Waals surface area contributed by atoms with Gasteiger partial charge in [0.15, 0.2) is 0 Å². The summed E-state index contributed by atoms with van der Waals surface area (Å²) in [4.78, 5) is 27.0. The molecule has 1 saturated heterocycles. The second-order valence-corrected chi connectivity index (χ2v) is 6.86. The van der Waals surface area contributed by atoms with Crippen LogP contribution in [0.1, 0.15) is 22.9 Å². The van der Waals surface area contributed by atoms with Gasteiger partial charge in [0.2, 0.25) is 0 Å². The highest BCUT2D eigenvalue weighted by atomic mass is 35.5. The Labute approximate surface area is 166 Å². The SMILES string of the molecule is O=C1C(=O)N(Cc2ccco2)[C@H](c2ccc(Cl)cc2)C1=C(O)c1ccccc1. The molecule has 1 N–H and O–H groups in total. The molecule has 0 bridgehead atoms. The second kappa shape index (κ2) is 7.37. The lowest BCUT2D eigenvalue weighted by atomic mass is 9.95. The molecule has 1 aliphatic heterocycles. The molecular weight excluding hydrogens is 378 g/mol. The van der Waals surface area contributed by atoms with Gasteiger partial charge in [-0.05, 0) is 29.8 Å². The third kappa shape index (κ3) is 3.21. The summed E-state index contributed by atoms with van der Waals surface area (Å²) in [5.74, 6) is -1.08. The van der Waals surface area contributed by atoms with Crippen molar-refractivity contribution < 1.29 is 19.1 Å². The van der Waals surface area contributed by atoms with E-state index >= 15 is 0 Å². The quantitative estimate of drug-likeness (QED) is 0.401. The van der Waals surface area contributed by atoms with E-state index in [0.29, 0.717) is 21.9 Å². The van der Waals surface area contributed by atoms with Gasteiger partial charge in [-0.25, -0.2) is 0 Å². The molecule has 3 aromatic rings. The number of carbonyl (C=O) groups is 2. The van der Waals surface area contributed by atoms with Crippen LogP contribution < -0.4 is 0 Å². The predicted molar refractivity (Wildman–Crippen MR) is 104 cm³/mol.